The van der Waals surface area contributed by atoms with E-state index in [0.29, 0.717) is 6.04 Å². The minimum atomic E-state index is -0.791. The summed E-state index contributed by atoms with van der Waals surface area (Å²) >= 11 is 0. The Labute approximate surface area is 116 Å². The molecule has 110 valence electrons. The summed E-state index contributed by atoms with van der Waals surface area (Å²) in [5.74, 6) is 3.61. The summed E-state index contributed by atoms with van der Waals surface area (Å²) in [7, 11) is 0. The van der Waals surface area contributed by atoms with Crippen LogP contribution in [0.25, 0.3) is 0 Å². The standard InChI is InChI=1S/C13H19F2N5/c14-10-7-11(15)13(19-16)18-12(10)17-8-3-5-20-4-1-2-9(20)6-8/h7-9H,1-6,16H2,(H2,17,18,19). The average Bonchev–Trinajstić information content (AvgIpc) is 2.89. The van der Waals surface area contributed by atoms with Crippen LogP contribution in [0.1, 0.15) is 25.7 Å². The van der Waals surface area contributed by atoms with Crippen molar-refractivity contribution in [3.8, 4) is 0 Å². The van der Waals surface area contributed by atoms with Crippen molar-refractivity contribution in [3.05, 3.63) is 17.7 Å². The number of piperidine rings is 1. The molecular weight excluding hydrogens is 264 g/mol. The monoisotopic (exact) mass is 283 g/mol. The van der Waals surface area contributed by atoms with Crippen molar-refractivity contribution in [1.29, 1.82) is 0 Å². The Balaban J connectivity index is 1.71. The molecule has 1 aromatic heterocycles. The lowest BCUT2D eigenvalue weighted by Gasteiger charge is -2.35. The average molecular weight is 283 g/mol. The number of halogens is 2. The number of hydrogen-bond acceptors (Lipinski definition) is 5. The Morgan fingerprint density at radius 1 is 1.20 bits per heavy atom. The molecular formula is C13H19F2N5. The summed E-state index contributed by atoms with van der Waals surface area (Å²) < 4.78 is 27.1. The van der Waals surface area contributed by atoms with Gasteiger partial charge in [0.1, 0.15) is 0 Å². The maximum Gasteiger partial charge on any atom is 0.178 e. The summed E-state index contributed by atoms with van der Waals surface area (Å²) in [5.41, 5.74) is 2.14. The third-order valence-electron chi connectivity index (χ3n) is 4.23. The number of hydrogen-bond donors (Lipinski definition) is 3. The van der Waals surface area contributed by atoms with Gasteiger partial charge in [0.05, 0.1) is 0 Å². The smallest absolute Gasteiger partial charge is 0.178 e. The van der Waals surface area contributed by atoms with Crippen molar-refractivity contribution in [3.63, 3.8) is 0 Å². The molecule has 1 aromatic rings. The molecule has 3 heterocycles. The van der Waals surface area contributed by atoms with Crippen molar-refractivity contribution in [2.45, 2.75) is 37.8 Å². The molecule has 20 heavy (non-hydrogen) atoms. The molecule has 2 atom stereocenters. The molecule has 0 saturated carbocycles. The zero-order valence-electron chi connectivity index (χ0n) is 11.2. The number of nitrogen functional groups attached to an aromatic ring is 1. The largest absolute Gasteiger partial charge is 0.365 e. The molecule has 0 radical (unpaired) electrons. The molecule has 2 saturated heterocycles. The highest BCUT2D eigenvalue weighted by molar-refractivity contribution is 5.47. The van der Waals surface area contributed by atoms with Crippen molar-refractivity contribution < 1.29 is 8.78 Å². The van der Waals surface area contributed by atoms with E-state index >= 15 is 0 Å². The lowest BCUT2D eigenvalue weighted by atomic mass is 9.97. The molecule has 2 unspecified atom stereocenters. The second-order valence-corrected chi connectivity index (χ2v) is 5.49. The number of nitrogens with zero attached hydrogens (tertiary/aromatic N) is 2. The van der Waals surface area contributed by atoms with Gasteiger partial charge in [0.2, 0.25) is 0 Å². The highest BCUT2D eigenvalue weighted by Crippen LogP contribution is 2.29. The van der Waals surface area contributed by atoms with E-state index in [-0.39, 0.29) is 17.7 Å². The number of anilines is 2. The van der Waals surface area contributed by atoms with E-state index < -0.39 is 11.6 Å². The number of hydrazine groups is 1. The zero-order valence-corrected chi connectivity index (χ0v) is 11.2. The molecule has 0 bridgehead atoms. The van der Waals surface area contributed by atoms with Gasteiger partial charge < -0.3 is 15.6 Å². The van der Waals surface area contributed by atoms with Crippen LogP contribution in [0.15, 0.2) is 6.07 Å². The molecule has 0 spiro atoms. The van der Waals surface area contributed by atoms with E-state index in [1.807, 2.05) is 0 Å². The van der Waals surface area contributed by atoms with Gasteiger partial charge in [0.25, 0.3) is 0 Å². The Morgan fingerprint density at radius 2 is 2.00 bits per heavy atom. The van der Waals surface area contributed by atoms with Crippen LogP contribution in [0.3, 0.4) is 0 Å². The van der Waals surface area contributed by atoms with E-state index in [9.17, 15) is 8.78 Å². The first-order valence-corrected chi connectivity index (χ1v) is 7.00. The van der Waals surface area contributed by atoms with Crippen LogP contribution in [0.4, 0.5) is 20.4 Å². The third kappa shape index (κ3) is 2.55. The summed E-state index contributed by atoms with van der Waals surface area (Å²) in [6, 6.07) is 1.55. The Morgan fingerprint density at radius 3 is 2.80 bits per heavy atom. The number of fused-ring (bicyclic) bond motifs is 1. The minimum absolute atomic E-state index is 0.0656. The van der Waals surface area contributed by atoms with Gasteiger partial charge in [-0.1, -0.05) is 0 Å². The van der Waals surface area contributed by atoms with E-state index in [4.69, 9.17) is 5.84 Å². The molecule has 2 fully saturated rings. The van der Waals surface area contributed by atoms with Gasteiger partial charge in [0, 0.05) is 24.7 Å². The molecule has 3 rings (SSSR count). The van der Waals surface area contributed by atoms with E-state index in [1.165, 1.54) is 19.4 Å². The first-order chi connectivity index (χ1) is 9.67. The van der Waals surface area contributed by atoms with Crippen LogP contribution in [0, 0.1) is 11.6 Å². The van der Waals surface area contributed by atoms with Gasteiger partial charge >= 0.3 is 0 Å². The number of aromatic nitrogens is 1. The highest BCUT2D eigenvalue weighted by Gasteiger charge is 2.32. The summed E-state index contributed by atoms with van der Waals surface area (Å²) in [4.78, 5) is 6.34. The fraction of sp³-hybridized carbons (Fsp3) is 0.615. The van der Waals surface area contributed by atoms with Crippen molar-refractivity contribution in [2.75, 3.05) is 23.8 Å². The van der Waals surface area contributed by atoms with Gasteiger partial charge in [-0.05, 0) is 32.2 Å². The number of rotatable bonds is 3. The SMILES string of the molecule is NNc1nc(NC2CCN3CCCC3C2)c(F)cc1F. The molecule has 0 amide bonds. The van der Waals surface area contributed by atoms with Crippen LogP contribution >= 0.6 is 0 Å². The summed E-state index contributed by atoms with van der Waals surface area (Å²) in [6.45, 7) is 2.19. The molecule has 7 heteroatoms. The number of nitrogens with two attached hydrogens (primary N) is 1. The van der Waals surface area contributed by atoms with Gasteiger partial charge in [-0.25, -0.2) is 19.6 Å². The first-order valence-electron chi connectivity index (χ1n) is 7.00. The lowest BCUT2D eigenvalue weighted by Crippen LogP contribution is -2.43. The van der Waals surface area contributed by atoms with E-state index in [1.54, 1.807) is 0 Å². The van der Waals surface area contributed by atoms with Crippen LogP contribution in [0.2, 0.25) is 0 Å². The second kappa shape index (κ2) is 5.49. The Kier molecular flexibility index (Phi) is 3.71. The number of nitrogens with one attached hydrogen (secondary N) is 2. The van der Waals surface area contributed by atoms with Gasteiger partial charge in [-0.15, -0.1) is 0 Å². The highest BCUT2D eigenvalue weighted by atomic mass is 19.1. The predicted molar refractivity (Wildman–Crippen MR) is 73.2 cm³/mol. The van der Waals surface area contributed by atoms with Crippen LogP contribution in [0.5, 0.6) is 0 Å². The third-order valence-corrected chi connectivity index (χ3v) is 4.23. The maximum absolute atomic E-state index is 13.7. The van der Waals surface area contributed by atoms with Crippen LogP contribution in [-0.2, 0) is 0 Å². The van der Waals surface area contributed by atoms with Gasteiger partial charge in [-0.3, -0.25) is 0 Å². The molecule has 0 aliphatic carbocycles. The molecule has 4 N–H and O–H groups in total. The molecule has 2 aliphatic heterocycles. The molecule has 2 aliphatic rings. The topological polar surface area (TPSA) is 66.2 Å². The summed E-state index contributed by atoms with van der Waals surface area (Å²) in [5, 5.41) is 3.09. The number of pyridine rings is 1. The van der Waals surface area contributed by atoms with Crippen LogP contribution in [-0.4, -0.2) is 35.1 Å². The van der Waals surface area contributed by atoms with E-state index in [2.05, 4.69) is 20.6 Å². The minimum Gasteiger partial charge on any atom is -0.365 e. The Bertz CT molecular complexity index is 496. The van der Waals surface area contributed by atoms with Crippen molar-refractivity contribution in [2.24, 2.45) is 5.84 Å². The normalized spacial score (nSPS) is 26.4. The fourth-order valence-corrected chi connectivity index (χ4v) is 3.22. The predicted octanol–water partition coefficient (Wildman–Crippen LogP) is 1.68. The van der Waals surface area contributed by atoms with Gasteiger partial charge in [-0.2, -0.15) is 0 Å². The van der Waals surface area contributed by atoms with E-state index in [0.717, 1.165) is 25.5 Å². The summed E-state index contributed by atoms with van der Waals surface area (Å²) in [6.07, 6.45) is 4.36. The van der Waals surface area contributed by atoms with Crippen molar-refractivity contribution in [1.82, 2.24) is 9.88 Å². The Hall–Kier alpha value is -1.47. The lowest BCUT2D eigenvalue weighted by molar-refractivity contribution is 0.188. The first kappa shape index (κ1) is 13.5. The fourth-order valence-electron chi connectivity index (χ4n) is 3.22. The van der Waals surface area contributed by atoms with Crippen molar-refractivity contribution >= 4 is 11.6 Å². The maximum atomic E-state index is 13.7. The quantitative estimate of drug-likeness (QED) is 0.582. The molecule has 5 nitrogen and oxygen atoms in total. The molecule has 0 aromatic carbocycles. The second-order valence-electron chi connectivity index (χ2n) is 5.49. The van der Waals surface area contributed by atoms with Gasteiger partial charge in [0.15, 0.2) is 23.3 Å². The zero-order chi connectivity index (χ0) is 14.1. The van der Waals surface area contributed by atoms with Crippen LogP contribution < -0.4 is 16.6 Å².